The van der Waals surface area contributed by atoms with Gasteiger partial charge in [-0.25, -0.2) is 5.43 Å². The van der Waals surface area contributed by atoms with Crippen LogP contribution < -0.4 is 19.8 Å². The lowest BCUT2D eigenvalue weighted by atomic mass is 10.1. The molecule has 0 saturated carbocycles. The minimum absolute atomic E-state index is 0.181. The zero-order chi connectivity index (χ0) is 17.1. The van der Waals surface area contributed by atoms with Gasteiger partial charge in [0, 0.05) is 25.3 Å². The van der Waals surface area contributed by atoms with Crippen molar-refractivity contribution in [2.75, 3.05) is 25.8 Å². The molecule has 0 atom stereocenters. The van der Waals surface area contributed by atoms with Gasteiger partial charge in [0.2, 0.25) is 6.79 Å². The fourth-order valence-corrected chi connectivity index (χ4v) is 2.30. The van der Waals surface area contributed by atoms with Gasteiger partial charge in [0.25, 0.3) is 5.91 Å². The van der Waals surface area contributed by atoms with E-state index in [4.69, 9.17) is 9.47 Å². The van der Waals surface area contributed by atoms with Gasteiger partial charge in [0.1, 0.15) is 0 Å². The molecule has 1 N–H and O–H groups in total. The van der Waals surface area contributed by atoms with Crippen molar-refractivity contribution >= 4 is 17.3 Å². The summed E-state index contributed by atoms with van der Waals surface area (Å²) in [5.41, 5.74) is 5.83. The number of nitrogens with zero attached hydrogens (tertiary/aromatic N) is 2. The van der Waals surface area contributed by atoms with Crippen molar-refractivity contribution in [2.45, 2.75) is 6.92 Å². The van der Waals surface area contributed by atoms with Crippen LogP contribution in [0.25, 0.3) is 0 Å². The van der Waals surface area contributed by atoms with E-state index in [0.717, 1.165) is 17.0 Å². The van der Waals surface area contributed by atoms with Gasteiger partial charge >= 0.3 is 0 Å². The Bertz CT molecular complexity index is 783. The van der Waals surface area contributed by atoms with Gasteiger partial charge in [-0.05, 0) is 42.8 Å². The van der Waals surface area contributed by atoms with E-state index in [-0.39, 0.29) is 12.7 Å². The van der Waals surface area contributed by atoms with Crippen molar-refractivity contribution in [3.8, 4) is 11.5 Å². The standard InChI is InChI=1S/C18H19N3O3/c1-12(13-4-7-15(8-5-13)21(2)3)19-20-18(22)14-6-9-16-17(10-14)24-11-23-16/h4-10H,11H2,1-3H3,(H,20,22)/b19-12-. The molecule has 24 heavy (non-hydrogen) atoms. The lowest BCUT2D eigenvalue weighted by Crippen LogP contribution is -2.19. The van der Waals surface area contributed by atoms with Crippen LogP contribution in [-0.2, 0) is 0 Å². The third-order valence-corrected chi connectivity index (χ3v) is 3.76. The lowest BCUT2D eigenvalue weighted by Gasteiger charge is -2.12. The molecule has 0 spiro atoms. The van der Waals surface area contributed by atoms with E-state index in [1.807, 2.05) is 50.2 Å². The van der Waals surface area contributed by atoms with Crippen LogP contribution in [0.4, 0.5) is 5.69 Å². The first kappa shape index (κ1) is 15.9. The van der Waals surface area contributed by atoms with Crippen molar-refractivity contribution in [1.29, 1.82) is 0 Å². The molecule has 6 nitrogen and oxygen atoms in total. The molecule has 0 fully saturated rings. The average molecular weight is 325 g/mol. The Morgan fingerprint density at radius 1 is 1.04 bits per heavy atom. The summed E-state index contributed by atoms with van der Waals surface area (Å²) >= 11 is 0. The van der Waals surface area contributed by atoms with E-state index in [2.05, 4.69) is 10.5 Å². The number of fused-ring (bicyclic) bond motifs is 1. The highest BCUT2D eigenvalue weighted by Crippen LogP contribution is 2.32. The minimum Gasteiger partial charge on any atom is -0.454 e. The molecule has 3 rings (SSSR count). The Balaban J connectivity index is 1.69. The van der Waals surface area contributed by atoms with Gasteiger partial charge < -0.3 is 14.4 Å². The number of hydrazone groups is 1. The molecule has 2 aromatic rings. The monoisotopic (exact) mass is 325 g/mol. The van der Waals surface area contributed by atoms with Crippen molar-refractivity contribution in [3.05, 3.63) is 53.6 Å². The van der Waals surface area contributed by atoms with Gasteiger partial charge in [0.05, 0.1) is 5.71 Å². The molecule has 0 unspecified atom stereocenters. The summed E-state index contributed by atoms with van der Waals surface area (Å²) < 4.78 is 10.5. The highest BCUT2D eigenvalue weighted by Gasteiger charge is 2.16. The van der Waals surface area contributed by atoms with Crippen molar-refractivity contribution in [2.24, 2.45) is 5.10 Å². The fraction of sp³-hybridized carbons (Fsp3) is 0.222. The summed E-state index contributed by atoms with van der Waals surface area (Å²) in [6.45, 7) is 2.03. The number of carbonyl (C=O) groups is 1. The highest BCUT2D eigenvalue weighted by atomic mass is 16.7. The van der Waals surface area contributed by atoms with Gasteiger partial charge in [-0.3, -0.25) is 4.79 Å². The number of hydrogen-bond acceptors (Lipinski definition) is 5. The van der Waals surface area contributed by atoms with Crippen LogP contribution in [-0.4, -0.2) is 32.5 Å². The van der Waals surface area contributed by atoms with Crippen LogP contribution >= 0.6 is 0 Å². The number of ether oxygens (including phenoxy) is 2. The van der Waals surface area contributed by atoms with Gasteiger partial charge in [-0.2, -0.15) is 5.10 Å². The maximum Gasteiger partial charge on any atom is 0.271 e. The second-order valence-electron chi connectivity index (χ2n) is 5.65. The molecule has 0 saturated heterocycles. The fourth-order valence-electron chi connectivity index (χ4n) is 2.30. The summed E-state index contributed by atoms with van der Waals surface area (Å²) in [4.78, 5) is 14.2. The third kappa shape index (κ3) is 3.32. The van der Waals surface area contributed by atoms with Crippen LogP contribution in [0.5, 0.6) is 11.5 Å². The number of benzene rings is 2. The van der Waals surface area contributed by atoms with Gasteiger partial charge in [-0.15, -0.1) is 0 Å². The van der Waals surface area contributed by atoms with E-state index < -0.39 is 0 Å². The summed E-state index contributed by atoms with van der Waals surface area (Å²) in [6, 6.07) is 13.0. The van der Waals surface area contributed by atoms with Crippen LogP contribution in [0, 0.1) is 0 Å². The predicted molar refractivity (Wildman–Crippen MR) is 93.0 cm³/mol. The Morgan fingerprint density at radius 2 is 1.71 bits per heavy atom. The minimum atomic E-state index is -0.294. The van der Waals surface area contributed by atoms with Gasteiger partial charge in [0.15, 0.2) is 11.5 Å². The first-order valence-corrected chi connectivity index (χ1v) is 7.56. The Hall–Kier alpha value is -3.02. The van der Waals surface area contributed by atoms with E-state index in [0.29, 0.717) is 17.1 Å². The maximum absolute atomic E-state index is 12.2. The molecule has 1 heterocycles. The lowest BCUT2D eigenvalue weighted by molar-refractivity contribution is 0.0954. The molecule has 124 valence electrons. The van der Waals surface area contributed by atoms with E-state index >= 15 is 0 Å². The zero-order valence-electron chi connectivity index (χ0n) is 13.9. The number of hydrogen-bond donors (Lipinski definition) is 1. The smallest absolute Gasteiger partial charge is 0.271 e. The topological polar surface area (TPSA) is 63.2 Å². The normalized spacial score (nSPS) is 12.9. The third-order valence-electron chi connectivity index (χ3n) is 3.76. The Morgan fingerprint density at radius 3 is 2.42 bits per heavy atom. The van der Waals surface area contributed by atoms with E-state index in [9.17, 15) is 4.79 Å². The summed E-state index contributed by atoms with van der Waals surface area (Å²) in [7, 11) is 3.98. The van der Waals surface area contributed by atoms with E-state index in [1.54, 1.807) is 18.2 Å². The molecule has 1 aliphatic heterocycles. The largest absolute Gasteiger partial charge is 0.454 e. The number of rotatable bonds is 4. The molecule has 0 aliphatic carbocycles. The quantitative estimate of drug-likeness (QED) is 0.693. The number of amides is 1. The van der Waals surface area contributed by atoms with Crippen LogP contribution in [0.3, 0.4) is 0 Å². The Labute approximate surface area is 140 Å². The first-order chi connectivity index (χ1) is 11.5. The first-order valence-electron chi connectivity index (χ1n) is 7.56. The van der Waals surface area contributed by atoms with Crippen molar-refractivity contribution in [3.63, 3.8) is 0 Å². The van der Waals surface area contributed by atoms with Crippen LogP contribution in [0.1, 0.15) is 22.8 Å². The molecular formula is C18H19N3O3. The van der Waals surface area contributed by atoms with E-state index in [1.165, 1.54) is 0 Å². The molecule has 1 amide bonds. The number of anilines is 1. The average Bonchev–Trinajstić information content (AvgIpc) is 3.07. The summed E-state index contributed by atoms with van der Waals surface area (Å²) in [6.07, 6.45) is 0. The SMILES string of the molecule is C/C(=N/NC(=O)c1ccc2c(c1)OCO2)c1ccc(N(C)C)cc1. The number of carbonyl (C=O) groups excluding carboxylic acids is 1. The second-order valence-corrected chi connectivity index (χ2v) is 5.65. The van der Waals surface area contributed by atoms with Crippen LogP contribution in [0.2, 0.25) is 0 Å². The van der Waals surface area contributed by atoms with Crippen LogP contribution in [0.15, 0.2) is 47.6 Å². The highest BCUT2D eigenvalue weighted by molar-refractivity contribution is 6.01. The van der Waals surface area contributed by atoms with Crippen molar-refractivity contribution in [1.82, 2.24) is 5.43 Å². The van der Waals surface area contributed by atoms with Crippen molar-refractivity contribution < 1.29 is 14.3 Å². The maximum atomic E-state index is 12.2. The molecule has 0 aromatic heterocycles. The van der Waals surface area contributed by atoms with Gasteiger partial charge in [-0.1, -0.05) is 12.1 Å². The predicted octanol–water partition coefficient (Wildman–Crippen LogP) is 2.64. The second kappa shape index (κ2) is 6.62. The molecule has 6 heteroatoms. The molecular weight excluding hydrogens is 306 g/mol. The zero-order valence-corrected chi connectivity index (χ0v) is 13.9. The molecule has 2 aromatic carbocycles. The Kier molecular flexibility index (Phi) is 4.37. The summed E-state index contributed by atoms with van der Waals surface area (Å²) in [5.74, 6) is 0.924. The molecule has 1 aliphatic rings. The molecule has 0 radical (unpaired) electrons. The summed E-state index contributed by atoms with van der Waals surface area (Å²) in [5, 5.41) is 4.17. The molecule has 0 bridgehead atoms. The number of nitrogens with one attached hydrogen (secondary N) is 1.